The van der Waals surface area contributed by atoms with Crippen LogP contribution >= 0.6 is 0 Å². The SMILES string of the molecule is COCCCCCOCCCCC(N)=O. The maximum absolute atomic E-state index is 10.4. The van der Waals surface area contributed by atoms with Gasteiger partial charge in [0.1, 0.15) is 0 Å². The quantitative estimate of drug-likeness (QED) is 0.533. The second-order valence-electron chi connectivity index (χ2n) is 3.59. The molecule has 90 valence electrons. The number of carbonyl (C=O) groups is 1. The van der Waals surface area contributed by atoms with E-state index < -0.39 is 0 Å². The number of rotatable bonds is 11. The molecule has 0 bridgehead atoms. The highest BCUT2D eigenvalue weighted by Gasteiger charge is 1.94. The minimum Gasteiger partial charge on any atom is -0.385 e. The van der Waals surface area contributed by atoms with E-state index in [-0.39, 0.29) is 5.91 Å². The van der Waals surface area contributed by atoms with Crippen LogP contribution in [-0.4, -0.2) is 32.8 Å². The van der Waals surface area contributed by atoms with Crippen LogP contribution in [-0.2, 0) is 14.3 Å². The summed E-state index contributed by atoms with van der Waals surface area (Å²) in [6.07, 6.45) is 5.55. The van der Waals surface area contributed by atoms with Crippen LogP contribution in [0.15, 0.2) is 0 Å². The number of carbonyl (C=O) groups excluding carboxylic acids is 1. The molecule has 0 atom stereocenters. The van der Waals surface area contributed by atoms with Crippen molar-refractivity contribution in [2.45, 2.75) is 38.5 Å². The van der Waals surface area contributed by atoms with Gasteiger partial charge in [0, 0.05) is 33.4 Å². The molecule has 0 radical (unpaired) electrons. The third-order valence-corrected chi connectivity index (χ3v) is 2.10. The summed E-state index contributed by atoms with van der Waals surface area (Å²) in [5, 5.41) is 0. The molecule has 4 nitrogen and oxygen atoms in total. The lowest BCUT2D eigenvalue weighted by atomic mass is 10.2. The van der Waals surface area contributed by atoms with E-state index in [2.05, 4.69) is 0 Å². The van der Waals surface area contributed by atoms with Gasteiger partial charge in [0.05, 0.1) is 0 Å². The number of ether oxygens (including phenoxy) is 2. The van der Waals surface area contributed by atoms with Gasteiger partial charge in [0.25, 0.3) is 0 Å². The molecule has 0 spiro atoms. The highest BCUT2D eigenvalue weighted by atomic mass is 16.5. The minimum absolute atomic E-state index is 0.227. The molecule has 0 fully saturated rings. The summed E-state index contributed by atoms with van der Waals surface area (Å²) in [4.78, 5) is 10.4. The molecule has 0 aliphatic heterocycles. The first kappa shape index (κ1) is 14.4. The Balaban J connectivity index is 2.89. The van der Waals surface area contributed by atoms with E-state index in [1.165, 1.54) is 0 Å². The Bertz CT molecular complexity index is 151. The lowest BCUT2D eigenvalue weighted by Crippen LogP contribution is -2.10. The summed E-state index contributed by atoms with van der Waals surface area (Å²) in [5.41, 5.74) is 5.01. The van der Waals surface area contributed by atoms with Gasteiger partial charge in [-0.05, 0) is 32.1 Å². The first-order chi connectivity index (χ1) is 7.27. The molecular weight excluding hydrogens is 194 g/mol. The molecule has 0 aromatic heterocycles. The third kappa shape index (κ3) is 13.4. The average Bonchev–Trinajstić information content (AvgIpc) is 2.20. The molecule has 0 aliphatic rings. The lowest BCUT2D eigenvalue weighted by Gasteiger charge is -2.03. The van der Waals surface area contributed by atoms with Crippen molar-refractivity contribution in [3.05, 3.63) is 0 Å². The zero-order chi connectivity index (χ0) is 11.4. The first-order valence-corrected chi connectivity index (χ1v) is 5.62. The summed E-state index contributed by atoms with van der Waals surface area (Å²) >= 11 is 0. The maximum atomic E-state index is 10.4. The second kappa shape index (κ2) is 11.5. The highest BCUT2D eigenvalue weighted by molar-refractivity contribution is 5.73. The molecule has 0 saturated carbocycles. The Morgan fingerprint density at radius 1 is 1.00 bits per heavy atom. The summed E-state index contributed by atoms with van der Waals surface area (Å²) in [6.45, 7) is 2.37. The van der Waals surface area contributed by atoms with Crippen LogP contribution in [0.5, 0.6) is 0 Å². The van der Waals surface area contributed by atoms with Gasteiger partial charge in [-0.25, -0.2) is 0 Å². The normalized spacial score (nSPS) is 10.5. The molecule has 0 aromatic rings. The fourth-order valence-electron chi connectivity index (χ4n) is 1.23. The van der Waals surface area contributed by atoms with Gasteiger partial charge in [-0.3, -0.25) is 4.79 Å². The zero-order valence-electron chi connectivity index (χ0n) is 9.67. The molecule has 0 unspecified atom stereocenters. The second-order valence-corrected chi connectivity index (χ2v) is 3.59. The Morgan fingerprint density at radius 2 is 1.60 bits per heavy atom. The molecule has 4 heteroatoms. The van der Waals surface area contributed by atoms with E-state index in [0.29, 0.717) is 6.42 Å². The van der Waals surface area contributed by atoms with Crippen molar-refractivity contribution in [1.29, 1.82) is 0 Å². The summed E-state index contributed by atoms with van der Waals surface area (Å²) in [5.74, 6) is -0.227. The van der Waals surface area contributed by atoms with Gasteiger partial charge in [-0.1, -0.05) is 0 Å². The highest BCUT2D eigenvalue weighted by Crippen LogP contribution is 1.98. The Morgan fingerprint density at radius 3 is 2.20 bits per heavy atom. The van der Waals surface area contributed by atoms with Crippen LogP contribution in [0.3, 0.4) is 0 Å². The van der Waals surface area contributed by atoms with Crippen molar-refractivity contribution in [3.8, 4) is 0 Å². The summed E-state index contributed by atoms with van der Waals surface area (Å²) < 4.78 is 10.3. The van der Waals surface area contributed by atoms with Crippen LogP contribution in [0.25, 0.3) is 0 Å². The van der Waals surface area contributed by atoms with Crippen molar-refractivity contribution < 1.29 is 14.3 Å². The van der Waals surface area contributed by atoms with E-state index in [0.717, 1.165) is 51.9 Å². The number of primary amides is 1. The maximum Gasteiger partial charge on any atom is 0.217 e. The van der Waals surface area contributed by atoms with Crippen molar-refractivity contribution >= 4 is 5.91 Å². The van der Waals surface area contributed by atoms with Crippen LogP contribution in [0.1, 0.15) is 38.5 Å². The molecule has 0 rings (SSSR count). The Kier molecular flexibility index (Phi) is 11.0. The molecule has 2 N–H and O–H groups in total. The predicted octanol–water partition coefficient (Wildman–Crippen LogP) is 1.48. The lowest BCUT2D eigenvalue weighted by molar-refractivity contribution is -0.118. The fraction of sp³-hybridized carbons (Fsp3) is 0.909. The van der Waals surface area contributed by atoms with E-state index in [9.17, 15) is 4.79 Å². The van der Waals surface area contributed by atoms with Crippen LogP contribution in [0.2, 0.25) is 0 Å². The van der Waals surface area contributed by atoms with E-state index >= 15 is 0 Å². The summed E-state index contributed by atoms with van der Waals surface area (Å²) in [7, 11) is 1.72. The van der Waals surface area contributed by atoms with Crippen molar-refractivity contribution in [1.82, 2.24) is 0 Å². The van der Waals surface area contributed by atoms with Crippen LogP contribution in [0, 0.1) is 0 Å². The van der Waals surface area contributed by atoms with E-state index in [1.807, 2.05) is 0 Å². The molecule has 0 heterocycles. The van der Waals surface area contributed by atoms with E-state index in [4.69, 9.17) is 15.2 Å². The largest absolute Gasteiger partial charge is 0.385 e. The van der Waals surface area contributed by atoms with Crippen LogP contribution in [0.4, 0.5) is 0 Å². The molecule has 0 aliphatic carbocycles. The van der Waals surface area contributed by atoms with Crippen molar-refractivity contribution in [2.75, 3.05) is 26.9 Å². The molecular formula is C11H23NO3. The van der Waals surface area contributed by atoms with Gasteiger partial charge in [-0.15, -0.1) is 0 Å². The topological polar surface area (TPSA) is 61.6 Å². The van der Waals surface area contributed by atoms with Crippen molar-refractivity contribution in [2.24, 2.45) is 5.73 Å². The predicted molar refractivity (Wildman–Crippen MR) is 59.6 cm³/mol. The van der Waals surface area contributed by atoms with Gasteiger partial charge in [0.2, 0.25) is 5.91 Å². The third-order valence-electron chi connectivity index (χ3n) is 2.10. The standard InChI is InChI=1S/C11H23NO3/c1-14-8-4-2-5-9-15-10-6-3-7-11(12)13/h2-10H2,1H3,(H2,12,13). The van der Waals surface area contributed by atoms with Gasteiger partial charge < -0.3 is 15.2 Å². The first-order valence-electron chi connectivity index (χ1n) is 5.62. The number of hydrogen-bond donors (Lipinski definition) is 1. The van der Waals surface area contributed by atoms with Crippen LogP contribution < -0.4 is 5.73 Å². The molecule has 15 heavy (non-hydrogen) atoms. The monoisotopic (exact) mass is 217 g/mol. The van der Waals surface area contributed by atoms with Gasteiger partial charge in [-0.2, -0.15) is 0 Å². The number of nitrogens with two attached hydrogens (primary N) is 1. The van der Waals surface area contributed by atoms with Crippen molar-refractivity contribution in [3.63, 3.8) is 0 Å². The smallest absolute Gasteiger partial charge is 0.217 e. The van der Waals surface area contributed by atoms with Gasteiger partial charge >= 0.3 is 0 Å². The number of unbranched alkanes of at least 4 members (excludes halogenated alkanes) is 3. The Labute approximate surface area is 92.1 Å². The fourth-order valence-corrected chi connectivity index (χ4v) is 1.23. The Hall–Kier alpha value is -0.610. The van der Waals surface area contributed by atoms with E-state index in [1.54, 1.807) is 7.11 Å². The number of amides is 1. The van der Waals surface area contributed by atoms with Gasteiger partial charge in [0.15, 0.2) is 0 Å². The number of methoxy groups -OCH3 is 1. The average molecular weight is 217 g/mol. The number of hydrogen-bond acceptors (Lipinski definition) is 3. The molecule has 0 saturated heterocycles. The minimum atomic E-state index is -0.227. The molecule has 0 aromatic carbocycles. The zero-order valence-corrected chi connectivity index (χ0v) is 9.67. The summed E-state index contributed by atoms with van der Waals surface area (Å²) in [6, 6.07) is 0. The molecule has 1 amide bonds.